The van der Waals surface area contributed by atoms with Crippen molar-refractivity contribution in [2.24, 2.45) is 0 Å². The third-order valence-electron chi connectivity index (χ3n) is 4.70. The van der Waals surface area contributed by atoms with Crippen LogP contribution in [0.3, 0.4) is 0 Å². The van der Waals surface area contributed by atoms with Crippen molar-refractivity contribution in [1.29, 1.82) is 0 Å². The van der Waals surface area contributed by atoms with Gasteiger partial charge in [-0.25, -0.2) is 4.68 Å². The van der Waals surface area contributed by atoms with Crippen molar-refractivity contribution in [2.45, 2.75) is 38.3 Å². The largest absolute Gasteiger partial charge is 0.496 e. The number of hydrogen-bond donors (Lipinski definition) is 1. The summed E-state index contributed by atoms with van der Waals surface area (Å²) in [6.07, 6.45) is 2.67. The Balaban J connectivity index is 1.50. The molecule has 4 rings (SSSR count). The van der Waals surface area contributed by atoms with Gasteiger partial charge in [-0.05, 0) is 29.3 Å². The van der Waals surface area contributed by atoms with Gasteiger partial charge in [-0.3, -0.25) is 4.79 Å². The van der Waals surface area contributed by atoms with Gasteiger partial charge < -0.3 is 19.5 Å². The Morgan fingerprint density at radius 3 is 2.92 bits per heavy atom. The number of hydrogen-bond acceptors (Lipinski definition) is 7. The first kappa shape index (κ1) is 16.6. The Bertz CT molecular complexity index is 806. The van der Waals surface area contributed by atoms with Gasteiger partial charge in [-0.15, -0.1) is 5.10 Å². The van der Waals surface area contributed by atoms with Gasteiger partial charge in [0.25, 0.3) is 0 Å². The zero-order valence-electron chi connectivity index (χ0n) is 14.6. The second-order valence-corrected chi connectivity index (χ2v) is 6.33. The van der Waals surface area contributed by atoms with Crippen molar-refractivity contribution in [3.05, 3.63) is 23.5 Å². The van der Waals surface area contributed by atoms with Crippen molar-refractivity contribution in [2.75, 3.05) is 20.3 Å². The minimum absolute atomic E-state index is 0.0834. The molecule has 2 aliphatic heterocycles. The number of fused-ring (bicyclic) bond motifs is 2. The number of carbonyl (C=O) groups is 1. The number of tetrazole rings is 1. The fraction of sp³-hybridized carbons (Fsp3) is 0.529. The van der Waals surface area contributed by atoms with E-state index in [9.17, 15) is 4.79 Å². The average molecular weight is 359 g/mol. The maximum absolute atomic E-state index is 12.8. The lowest BCUT2D eigenvalue weighted by Gasteiger charge is -2.21. The number of methoxy groups -OCH3 is 1. The van der Waals surface area contributed by atoms with Crippen molar-refractivity contribution in [1.82, 2.24) is 25.5 Å². The van der Waals surface area contributed by atoms with Crippen molar-refractivity contribution < 1.29 is 19.0 Å². The predicted octanol–water partition coefficient (Wildman–Crippen LogP) is 1.04. The molecule has 2 aromatic rings. The number of nitrogens with one attached hydrogen (secondary N) is 1. The van der Waals surface area contributed by atoms with E-state index in [0.717, 1.165) is 31.4 Å². The number of amides is 1. The molecule has 1 aromatic heterocycles. The number of ether oxygens (including phenoxy) is 3. The number of nitrogens with zero attached hydrogens (tertiary/aromatic N) is 4. The lowest BCUT2D eigenvalue weighted by Crippen LogP contribution is -2.30. The first-order chi connectivity index (χ1) is 12.8. The summed E-state index contributed by atoms with van der Waals surface area (Å²) in [5.74, 6) is 2.19. The Morgan fingerprint density at radius 1 is 1.31 bits per heavy atom. The number of aryl methyl sites for hydroxylation is 1. The Morgan fingerprint density at radius 2 is 2.12 bits per heavy atom. The first-order valence-electron chi connectivity index (χ1n) is 8.76. The molecule has 2 aliphatic rings. The number of carbonyl (C=O) groups excluding carboxylic acids is 1. The smallest absolute Gasteiger partial charge is 0.231 e. The quantitative estimate of drug-likeness (QED) is 0.870. The first-order valence-corrected chi connectivity index (χ1v) is 8.76. The minimum atomic E-state index is -0.337. The third kappa shape index (κ3) is 3.16. The zero-order valence-corrected chi connectivity index (χ0v) is 14.6. The molecule has 1 N–H and O–H groups in total. The molecule has 0 aliphatic carbocycles. The molecular weight excluding hydrogens is 338 g/mol. The van der Waals surface area contributed by atoms with Crippen LogP contribution in [0.5, 0.6) is 17.2 Å². The van der Waals surface area contributed by atoms with Crippen molar-refractivity contribution in [3.63, 3.8) is 0 Å². The molecule has 0 spiro atoms. The molecule has 0 bridgehead atoms. The molecule has 1 amide bonds. The highest BCUT2D eigenvalue weighted by Crippen LogP contribution is 2.36. The highest BCUT2D eigenvalue weighted by Gasteiger charge is 2.28. The zero-order chi connectivity index (χ0) is 17.9. The third-order valence-corrected chi connectivity index (χ3v) is 4.70. The molecule has 0 fully saturated rings. The molecule has 0 saturated heterocycles. The molecule has 9 heteroatoms. The summed E-state index contributed by atoms with van der Waals surface area (Å²) < 4.78 is 18.3. The SMILES string of the molecule is COc1cc2c(cc1CNC(=O)[C@H]1CCCCn3nnnc31)OCCO2. The van der Waals surface area contributed by atoms with Gasteiger partial charge in [0.15, 0.2) is 17.3 Å². The van der Waals surface area contributed by atoms with E-state index in [1.165, 1.54) is 0 Å². The topological polar surface area (TPSA) is 100 Å². The Labute approximate surface area is 150 Å². The van der Waals surface area contributed by atoms with Crippen molar-refractivity contribution in [3.8, 4) is 17.2 Å². The van der Waals surface area contributed by atoms with E-state index in [2.05, 4.69) is 20.8 Å². The average Bonchev–Trinajstić information content (AvgIpc) is 3.04. The van der Waals surface area contributed by atoms with Gasteiger partial charge in [-0.1, -0.05) is 6.42 Å². The summed E-state index contributed by atoms with van der Waals surface area (Å²) in [6, 6.07) is 3.65. The summed E-state index contributed by atoms with van der Waals surface area (Å²) in [7, 11) is 1.59. The Hall–Kier alpha value is -2.84. The fourth-order valence-corrected chi connectivity index (χ4v) is 3.35. The highest BCUT2D eigenvalue weighted by atomic mass is 16.6. The lowest BCUT2D eigenvalue weighted by atomic mass is 10.0. The highest BCUT2D eigenvalue weighted by molar-refractivity contribution is 5.82. The van der Waals surface area contributed by atoms with Crippen LogP contribution in [-0.2, 0) is 17.9 Å². The Kier molecular flexibility index (Phi) is 4.59. The molecule has 1 aromatic carbocycles. The molecule has 0 saturated carbocycles. The van der Waals surface area contributed by atoms with Gasteiger partial charge in [0, 0.05) is 24.7 Å². The number of benzene rings is 1. The van der Waals surface area contributed by atoms with Gasteiger partial charge in [-0.2, -0.15) is 0 Å². The molecule has 0 unspecified atom stereocenters. The van der Waals surface area contributed by atoms with Gasteiger partial charge in [0.1, 0.15) is 19.0 Å². The minimum Gasteiger partial charge on any atom is -0.496 e. The molecule has 3 heterocycles. The van der Waals surface area contributed by atoms with Crippen LogP contribution < -0.4 is 19.5 Å². The van der Waals surface area contributed by atoms with Crippen LogP contribution in [0.1, 0.15) is 36.6 Å². The van der Waals surface area contributed by atoms with Gasteiger partial charge in [0.2, 0.25) is 5.91 Å². The molecular formula is C17H21N5O4. The summed E-state index contributed by atoms with van der Waals surface area (Å²) >= 11 is 0. The molecule has 0 radical (unpaired) electrons. The van der Waals surface area contributed by atoms with Crippen LogP contribution in [0.4, 0.5) is 0 Å². The maximum Gasteiger partial charge on any atom is 0.231 e. The van der Waals surface area contributed by atoms with E-state index in [4.69, 9.17) is 14.2 Å². The monoisotopic (exact) mass is 359 g/mol. The predicted molar refractivity (Wildman–Crippen MR) is 90.2 cm³/mol. The van der Waals surface area contributed by atoms with Crippen LogP contribution in [-0.4, -0.2) is 46.4 Å². The molecule has 9 nitrogen and oxygen atoms in total. The van der Waals surface area contributed by atoms with E-state index >= 15 is 0 Å². The number of rotatable bonds is 4. The summed E-state index contributed by atoms with van der Waals surface area (Å²) in [5, 5.41) is 14.7. The van der Waals surface area contributed by atoms with E-state index in [0.29, 0.717) is 42.8 Å². The van der Waals surface area contributed by atoms with E-state index in [1.54, 1.807) is 17.9 Å². The van der Waals surface area contributed by atoms with Crippen LogP contribution in [0.15, 0.2) is 12.1 Å². The van der Waals surface area contributed by atoms with E-state index < -0.39 is 0 Å². The molecule has 138 valence electrons. The van der Waals surface area contributed by atoms with Crippen LogP contribution in [0.25, 0.3) is 0 Å². The van der Waals surface area contributed by atoms with E-state index in [1.807, 2.05) is 6.07 Å². The van der Waals surface area contributed by atoms with Crippen LogP contribution in [0.2, 0.25) is 0 Å². The van der Waals surface area contributed by atoms with Gasteiger partial charge >= 0.3 is 0 Å². The maximum atomic E-state index is 12.8. The summed E-state index contributed by atoms with van der Waals surface area (Å²) in [5.41, 5.74) is 0.832. The van der Waals surface area contributed by atoms with E-state index in [-0.39, 0.29) is 11.8 Å². The summed E-state index contributed by atoms with van der Waals surface area (Å²) in [4.78, 5) is 12.8. The van der Waals surface area contributed by atoms with Crippen LogP contribution >= 0.6 is 0 Å². The number of aromatic nitrogens is 4. The van der Waals surface area contributed by atoms with Crippen molar-refractivity contribution >= 4 is 5.91 Å². The fourth-order valence-electron chi connectivity index (χ4n) is 3.35. The second kappa shape index (κ2) is 7.19. The molecule has 1 atom stereocenters. The van der Waals surface area contributed by atoms with Gasteiger partial charge in [0.05, 0.1) is 13.0 Å². The van der Waals surface area contributed by atoms with Crippen LogP contribution in [0, 0.1) is 0 Å². The second-order valence-electron chi connectivity index (χ2n) is 6.33. The molecule has 26 heavy (non-hydrogen) atoms. The standard InChI is InChI=1S/C17H21N5O4/c1-24-13-9-15-14(25-6-7-26-15)8-11(13)10-18-17(23)12-4-2-3-5-22-16(12)19-20-21-22/h8-9,12H,2-7,10H2,1H3,(H,18,23)/t12-/m0/s1. The normalized spacial score (nSPS) is 18.6. The summed E-state index contributed by atoms with van der Waals surface area (Å²) in [6.45, 7) is 2.11. The lowest BCUT2D eigenvalue weighted by molar-refractivity contribution is -0.123.